The van der Waals surface area contributed by atoms with Crippen LogP contribution in [-0.2, 0) is 51.1 Å². The van der Waals surface area contributed by atoms with E-state index in [1.54, 1.807) is 0 Å². The number of nitrogens with zero attached hydrogens (tertiary/aromatic N) is 3. The molecule has 11 atom stereocenters. The van der Waals surface area contributed by atoms with E-state index in [0.29, 0.717) is 46.0 Å². The van der Waals surface area contributed by atoms with Crippen molar-refractivity contribution in [2.45, 2.75) is 89.8 Å². The van der Waals surface area contributed by atoms with Crippen molar-refractivity contribution in [1.82, 2.24) is 0 Å². The summed E-state index contributed by atoms with van der Waals surface area (Å²) in [7, 11) is 0. The Balaban J connectivity index is 1.08. The lowest BCUT2D eigenvalue weighted by molar-refractivity contribution is -0.372. The Labute approximate surface area is 317 Å². The lowest BCUT2D eigenvalue weighted by Gasteiger charge is -2.51. The smallest absolute Gasteiger partial charge is 0.186 e. The summed E-state index contributed by atoms with van der Waals surface area (Å²) in [6.45, 7) is 8.61. The van der Waals surface area contributed by atoms with E-state index in [9.17, 15) is 0 Å². The molecule has 5 unspecified atom stereocenters. The second-order valence-electron chi connectivity index (χ2n) is 14.6. The summed E-state index contributed by atoms with van der Waals surface area (Å²) >= 11 is 0. The first-order valence-electron chi connectivity index (χ1n) is 19.1. The normalized spacial score (nSPS) is 31.1. The van der Waals surface area contributed by atoms with Crippen molar-refractivity contribution in [3.05, 3.63) is 130 Å². The van der Waals surface area contributed by atoms with Crippen LogP contribution in [0.5, 0.6) is 0 Å². The van der Waals surface area contributed by atoms with Crippen molar-refractivity contribution in [2.75, 3.05) is 26.4 Å². The maximum atomic E-state index is 8.78. The third-order valence-corrected chi connectivity index (χ3v) is 10.9. The van der Waals surface area contributed by atoms with E-state index < -0.39 is 31.1 Å². The molecule has 7 rings (SSSR count). The first-order chi connectivity index (χ1) is 26.5. The van der Waals surface area contributed by atoms with E-state index in [1.807, 2.05) is 72.8 Å². The Kier molecular flexibility index (Phi) is 13.3. The quantitative estimate of drug-likeness (QED) is 0.0515. The highest BCUT2D eigenvalue weighted by Crippen LogP contribution is 2.42. The predicted octanol–water partition coefficient (Wildman–Crippen LogP) is 8.52. The number of azide groups is 1. The SMILES string of the molecule is CC1[C@H](O[C@@H]2C(OCc3ccccc3)[C@H](OCCCN=[N+]=[N-])OC(COCc3ccccc3)[C@@H]2C)OC2COC(c3ccc4ccccc4c3)O[C@H]2[C@@H]1C. The van der Waals surface area contributed by atoms with Crippen molar-refractivity contribution >= 4 is 10.8 Å². The molecule has 0 spiro atoms. The monoisotopic (exact) mass is 737 g/mol. The fourth-order valence-corrected chi connectivity index (χ4v) is 7.56. The molecule has 0 N–H and O–H groups in total. The molecule has 4 aromatic carbocycles. The first kappa shape index (κ1) is 38.4. The van der Waals surface area contributed by atoms with Gasteiger partial charge in [-0.05, 0) is 45.8 Å². The molecule has 11 heteroatoms. The minimum Gasteiger partial charge on any atom is -0.374 e. The zero-order chi connectivity index (χ0) is 37.3. The molecule has 286 valence electrons. The van der Waals surface area contributed by atoms with Crippen LogP contribution in [0.3, 0.4) is 0 Å². The van der Waals surface area contributed by atoms with Crippen LogP contribution in [0, 0.1) is 17.8 Å². The van der Waals surface area contributed by atoms with Crippen LogP contribution in [0.1, 0.15) is 50.2 Å². The number of hydrogen-bond donors (Lipinski definition) is 0. The molecule has 11 nitrogen and oxygen atoms in total. The van der Waals surface area contributed by atoms with Crippen molar-refractivity contribution in [1.29, 1.82) is 0 Å². The number of benzene rings is 4. The second-order valence-corrected chi connectivity index (χ2v) is 14.6. The van der Waals surface area contributed by atoms with Gasteiger partial charge in [0.15, 0.2) is 18.9 Å². The number of fused-ring (bicyclic) bond motifs is 2. The summed E-state index contributed by atoms with van der Waals surface area (Å²) in [6, 6.07) is 34.7. The van der Waals surface area contributed by atoms with Crippen molar-refractivity contribution in [3.63, 3.8) is 0 Å². The fraction of sp³-hybridized carbons (Fsp3) is 0.488. The highest BCUT2D eigenvalue weighted by atomic mass is 16.8. The van der Waals surface area contributed by atoms with Crippen LogP contribution >= 0.6 is 0 Å². The molecule has 3 saturated heterocycles. The molecule has 3 heterocycles. The van der Waals surface area contributed by atoms with Gasteiger partial charge in [-0.15, -0.1) is 0 Å². The third kappa shape index (κ3) is 9.32. The Morgan fingerprint density at radius 2 is 1.44 bits per heavy atom. The zero-order valence-electron chi connectivity index (χ0n) is 31.2. The van der Waals surface area contributed by atoms with Gasteiger partial charge in [0, 0.05) is 35.5 Å². The molecule has 0 aromatic heterocycles. The number of ether oxygens (including phenoxy) is 8. The van der Waals surface area contributed by atoms with Crippen LogP contribution in [-0.4, -0.2) is 69.5 Å². The Morgan fingerprint density at radius 1 is 0.722 bits per heavy atom. The molecule has 3 fully saturated rings. The summed E-state index contributed by atoms with van der Waals surface area (Å²) in [5.74, 6) is -0.0517. The molecule has 3 aliphatic rings. The molecule has 3 aliphatic heterocycles. The average molecular weight is 738 g/mol. The minimum absolute atomic E-state index is 0.0117. The molecular formula is C43H51N3O8. The molecule has 4 aromatic rings. The van der Waals surface area contributed by atoms with Crippen LogP contribution in [0.15, 0.2) is 108 Å². The van der Waals surface area contributed by atoms with Gasteiger partial charge in [0.1, 0.15) is 12.2 Å². The third-order valence-electron chi connectivity index (χ3n) is 10.9. The Hall–Kier alpha value is -3.87. The maximum Gasteiger partial charge on any atom is 0.186 e. The van der Waals surface area contributed by atoms with Gasteiger partial charge in [0.2, 0.25) is 0 Å². The molecule has 0 bridgehead atoms. The average Bonchev–Trinajstić information content (AvgIpc) is 3.21. The van der Waals surface area contributed by atoms with Crippen LogP contribution in [0.2, 0.25) is 0 Å². The maximum absolute atomic E-state index is 8.78. The predicted molar refractivity (Wildman–Crippen MR) is 203 cm³/mol. The summed E-state index contributed by atoms with van der Waals surface area (Å²) < 4.78 is 52.6. The van der Waals surface area contributed by atoms with Gasteiger partial charge >= 0.3 is 0 Å². The largest absolute Gasteiger partial charge is 0.374 e. The summed E-state index contributed by atoms with van der Waals surface area (Å²) in [5, 5.41) is 5.99. The van der Waals surface area contributed by atoms with E-state index in [4.69, 9.17) is 43.4 Å². The standard InChI is InChI=1S/C43H51N3O8/c1-28-29(2)41(52-37-27-50-42(53-38(28)37)35-20-19-33-17-10-11-18-34(33)23-35)54-39-30(3)36(26-47-24-31-13-6-4-7-14-31)51-43(48-22-12-21-45-46-44)40(39)49-25-32-15-8-5-9-16-32/h4-11,13-20,23,28-30,36-43H,12,21-22,24-27H2,1-3H3/t28-,29?,30+,36?,37?,38+,39+,40?,41+,42?,43-/m1/s1. The van der Waals surface area contributed by atoms with Gasteiger partial charge < -0.3 is 37.9 Å². The number of hydrogen-bond acceptors (Lipinski definition) is 9. The van der Waals surface area contributed by atoms with Gasteiger partial charge in [0.05, 0.1) is 44.7 Å². The second kappa shape index (κ2) is 18.6. The lowest BCUT2D eigenvalue weighted by atomic mass is 9.83. The van der Waals surface area contributed by atoms with Crippen LogP contribution < -0.4 is 0 Å². The molecule has 0 saturated carbocycles. The van der Waals surface area contributed by atoms with Gasteiger partial charge in [-0.25, -0.2) is 0 Å². The van der Waals surface area contributed by atoms with Crippen molar-refractivity contribution < 1.29 is 37.9 Å². The van der Waals surface area contributed by atoms with Crippen LogP contribution in [0.4, 0.5) is 0 Å². The summed E-state index contributed by atoms with van der Waals surface area (Å²) in [6.07, 6.45) is -3.17. The van der Waals surface area contributed by atoms with E-state index in [-0.39, 0.29) is 36.1 Å². The highest BCUT2D eigenvalue weighted by molar-refractivity contribution is 5.83. The fourth-order valence-electron chi connectivity index (χ4n) is 7.56. The molecule has 0 radical (unpaired) electrons. The molecule has 0 aliphatic carbocycles. The van der Waals surface area contributed by atoms with Gasteiger partial charge in [-0.3, -0.25) is 0 Å². The highest BCUT2D eigenvalue weighted by Gasteiger charge is 2.51. The van der Waals surface area contributed by atoms with E-state index in [2.05, 4.69) is 61.1 Å². The minimum atomic E-state index is -0.764. The summed E-state index contributed by atoms with van der Waals surface area (Å²) in [4.78, 5) is 2.87. The van der Waals surface area contributed by atoms with Gasteiger partial charge in [0.25, 0.3) is 0 Å². The topological polar surface area (TPSA) is 123 Å². The Morgan fingerprint density at radius 3 is 2.20 bits per heavy atom. The molecular weight excluding hydrogens is 686 g/mol. The number of rotatable bonds is 15. The van der Waals surface area contributed by atoms with Gasteiger partial charge in [-0.1, -0.05) is 123 Å². The van der Waals surface area contributed by atoms with Crippen LogP contribution in [0.25, 0.3) is 21.2 Å². The zero-order valence-corrected chi connectivity index (χ0v) is 31.2. The van der Waals surface area contributed by atoms with Crippen molar-refractivity contribution in [2.24, 2.45) is 22.9 Å². The van der Waals surface area contributed by atoms with E-state index in [0.717, 1.165) is 22.1 Å². The van der Waals surface area contributed by atoms with E-state index in [1.165, 1.54) is 5.39 Å². The molecule has 0 amide bonds. The first-order valence-corrected chi connectivity index (χ1v) is 19.1. The Bertz CT molecular complexity index is 1810. The van der Waals surface area contributed by atoms with Crippen molar-refractivity contribution in [3.8, 4) is 0 Å². The lowest BCUT2D eigenvalue weighted by Crippen LogP contribution is -2.61. The molecule has 54 heavy (non-hydrogen) atoms. The van der Waals surface area contributed by atoms with Gasteiger partial charge in [-0.2, -0.15) is 0 Å². The van der Waals surface area contributed by atoms with E-state index >= 15 is 0 Å². The summed E-state index contributed by atoms with van der Waals surface area (Å²) in [5.41, 5.74) is 11.9.